The van der Waals surface area contributed by atoms with Gasteiger partial charge in [0.15, 0.2) is 5.17 Å². The summed E-state index contributed by atoms with van der Waals surface area (Å²) >= 11 is 1.36. The second-order valence-corrected chi connectivity index (χ2v) is 10.8. The molecule has 1 saturated heterocycles. The van der Waals surface area contributed by atoms with Gasteiger partial charge in [0, 0.05) is 17.4 Å². The smallest absolute Gasteiger partial charge is 0.267 e. The van der Waals surface area contributed by atoms with Crippen LogP contribution in [-0.4, -0.2) is 26.6 Å². The SMILES string of the molecule is Cc1cccc(C)c1-n1c(C)cc(/C=C2\SC(=Nc3ccccc3F)N(C3CCCCC3)C2=O)c1C. The Morgan fingerprint density at radius 1 is 0.972 bits per heavy atom. The number of aromatic nitrogens is 1. The average Bonchev–Trinajstić information content (AvgIpc) is 3.31. The molecule has 2 aromatic carbocycles. The monoisotopic (exact) mass is 501 g/mol. The van der Waals surface area contributed by atoms with Gasteiger partial charge in [-0.25, -0.2) is 9.38 Å². The number of benzene rings is 2. The van der Waals surface area contributed by atoms with E-state index in [0.717, 1.165) is 42.6 Å². The molecule has 2 fully saturated rings. The first kappa shape index (κ1) is 24.6. The summed E-state index contributed by atoms with van der Waals surface area (Å²) in [5.41, 5.74) is 7.11. The highest BCUT2D eigenvalue weighted by Crippen LogP contribution is 2.39. The fraction of sp³-hybridized carbons (Fsp3) is 0.333. The number of rotatable bonds is 4. The maximum Gasteiger partial charge on any atom is 0.267 e. The van der Waals surface area contributed by atoms with E-state index in [2.05, 4.69) is 61.5 Å². The Balaban J connectivity index is 1.56. The molecule has 6 heteroatoms. The van der Waals surface area contributed by atoms with Crippen LogP contribution in [0.15, 0.2) is 58.4 Å². The summed E-state index contributed by atoms with van der Waals surface area (Å²) in [6, 6.07) is 15.1. The van der Waals surface area contributed by atoms with Crippen molar-refractivity contribution in [1.82, 2.24) is 9.47 Å². The van der Waals surface area contributed by atoms with Gasteiger partial charge >= 0.3 is 0 Å². The molecule has 1 amide bonds. The number of hydrogen-bond acceptors (Lipinski definition) is 3. The van der Waals surface area contributed by atoms with Crippen LogP contribution >= 0.6 is 11.8 Å². The van der Waals surface area contributed by atoms with Crippen LogP contribution in [0.2, 0.25) is 0 Å². The number of amides is 1. The fourth-order valence-corrected chi connectivity index (χ4v) is 6.49. The van der Waals surface area contributed by atoms with Gasteiger partial charge < -0.3 is 4.57 Å². The number of carbonyl (C=O) groups is 1. The van der Waals surface area contributed by atoms with Crippen molar-refractivity contribution in [3.8, 4) is 5.69 Å². The van der Waals surface area contributed by atoms with Crippen molar-refractivity contribution < 1.29 is 9.18 Å². The van der Waals surface area contributed by atoms with Crippen molar-refractivity contribution in [2.24, 2.45) is 4.99 Å². The molecular weight excluding hydrogens is 469 g/mol. The minimum Gasteiger partial charge on any atom is -0.317 e. The number of amidine groups is 1. The Labute approximate surface area is 216 Å². The molecule has 3 aromatic rings. The summed E-state index contributed by atoms with van der Waals surface area (Å²) in [4.78, 5) is 20.8. The third-order valence-corrected chi connectivity index (χ3v) is 8.25. The largest absolute Gasteiger partial charge is 0.317 e. The van der Waals surface area contributed by atoms with Gasteiger partial charge in [0.05, 0.1) is 10.6 Å². The molecule has 0 bridgehead atoms. The molecule has 1 aliphatic heterocycles. The lowest BCUT2D eigenvalue weighted by Crippen LogP contribution is -2.40. The van der Waals surface area contributed by atoms with E-state index in [-0.39, 0.29) is 23.5 Å². The standard InChI is InChI=1S/C30H32FN3OS/c1-19-11-10-12-20(2)28(19)33-21(3)17-23(22(33)4)18-27-29(35)34(24-13-6-5-7-14-24)30(36-27)32-26-16-9-8-15-25(26)31/h8-12,15-18,24H,5-7,13-14H2,1-4H3/b27-18-,32-30?. The zero-order chi connectivity index (χ0) is 25.4. The zero-order valence-corrected chi connectivity index (χ0v) is 22.2. The third kappa shape index (κ3) is 4.55. The predicted octanol–water partition coefficient (Wildman–Crippen LogP) is 7.79. The number of aryl methyl sites for hydroxylation is 3. The zero-order valence-electron chi connectivity index (χ0n) is 21.3. The molecule has 0 unspecified atom stereocenters. The Kier molecular flexibility index (Phi) is 6.89. The molecule has 0 atom stereocenters. The van der Waals surface area contributed by atoms with Crippen molar-refractivity contribution in [1.29, 1.82) is 0 Å². The highest BCUT2D eigenvalue weighted by Gasteiger charge is 2.39. The number of para-hydroxylation sites is 2. The average molecular weight is 502 g/mol. The van der Waals surface area contributed by atoms with E-state index in [1.807, 2.05) is 11.0 Å². The van der Waals surface area contributed by atoms with E-state index in [1.54, 1.807) is 18.2 Å². The third-order valence-electron chi connectivity index (χ3n) is 7.27. The van der Waals surface area contributed by atoms with Crippen molar-refractivity contribution >= 4 is 34.6 Å². The predicted molar refractivity (Wildman–Crippen MR) is 147 cm³/mol. The van der Waals surface area contributed by atoms with Crippen molar-refractivity contribution in [3.05, 3.63) is 87.3 Å². The van der Waals surface area contributed by atoms with Crippen LogP contribution in [-0.2, 0) is 4.79 Å². The first-order valence-electron chi connectivity index (χ1n) is 12.7. The molecule has 0 N–H and O–H groups in total. The fourth-order valence-electron chi connectivity index (χ4n) is 5.45. The van der Waals surface area contributed by atoms with Crippen LogP contribution in [0.5, 0.6) is 0 Å². The van der Waals surface area contributed by atoms with Gasteiger partial charge in [0.25, 0.3) is 5.91 Å². The van der Waals surface area contributed by atoms with Crippen LogP contribution in [0.25, 0.3) is 11.8 Å². The Bertz CT molecular complexity index is 1360. The molecule has 2 aliphatic rings. The van der Waals surface area contributed by atoms with Crippen LogP contribution in [0.1, 0.15) is 60.2 Å². The second-order valence-electron chi connectivity index (χ2n) is 9.83. The summed E-state index contributed by atoms with van der Waals surface area (Å²) in [5, 5.41) is 0.576. The van der Waals surface area contributed by atoms with Gasteiger partial charge in [-0.1, -0.05) is 49.6 Å². The molecule has 1 aromatic heterocycles. The lowest BCUT2D eigenvalue weighted by molar-refractivity contribution is -0.124. The van der Waals surface area contributed by atoms with E-state index in [4.69, 9.17) is 0 Å². The number of carbonyl (C=O) groups excluding carboxylic acids is 1. The Hall–Kier alpha value is -3.12. The molecule has 36 heavy (non-hydrogen) atoms. The number of thioether (sulfide) groups is 1. The second kappa shape index (κ2) is 10.1. The van der Waals surface area contributed by atoms with Gasteiger partial charge in [-0.15, -0.1) is 0 Å². The number of nitrogens with zero attached hydrogens (tertiary/aromatic N) is 3. The first-order chi connectivity index (χ1) is 17.3. The summed E-state index contributed by atoms with van der Waals surface area (Å²) in [6.07, 6.45) is 7.29. The van der Waals surface area contributed by atoms with Gasteiger partial charge in [0.1, 0.15) is 11.5 Å². The molecule has 186 valence electrons. The molecule has 4 nitrogen and oxygen atoms in total. The number of aliphatic imine (C=N–C) groups is 1. The molecule has 0 spiro atoms. The molecular formula is C30H32FN3OS. The highest BCUT2D eigenvalue weighted by molar-refractivity contribution is 8.18. The molecule has 5 rings (SSSR count). The molecule has 1 saturated carbocycles. The lowest BCUT2D eigenvalue weighted by atomic mass is 9.94. The molecule has 0 radical (unpaired) electrons. The topological polar surface area (TPSA) is 37.6 Å². The van der Waals surface area contributed by atoms with Crippen LogP contribution in [0.3, 0.4) is 0 Å². The van der Waals surface area contributed by atoms with Crippen molar-refractivity contribution in [3.63, 3.8) is 0 Å². The summed E-state index contributed by atoms with van der Waals surface area (Å²) in [7, 11) is 0. The Morgan fingerprint density at radius 3 is 2.36 bits per heavy atom. The highest BCUT2D eigenvalue weighted by atomic mass is 32.2. The molecule has 2 heterocycles. The summed E-state index contributed by atoms with van der Waals surface area (Å²) in [5.74, 6) is -0.407. The molecule has 1 aliphatic carbocycles. The van der Waals surface area contributed by atoms with Gasteiger partial charge in [-0.05, 0) is 93.3 Å². The van der Waals surface area contributed by atoms with Crippen LogP contribution in [0, 0.1) is 33.5 Å². The van der Waals surface area contributed by atoms with Crippen molar-refractivity contribution in [2.75, 3.05) is 0 Å². The normalized spacial score (nSPS) is 19.1. The first-order valence-corrected chi connectivity index (χ1v) is 13.5. The quantitative estimate of drug-likeness (QED) is 0.342. The van der Waals surface area contributed by atoms with E-state index < -0.39 is 0 Å². The van der Waals surface area contributed by atoms with Crippen molar-refractivity contribution in [2.45, 2.75) is 65.8 Å². The van der Waals surface area contributed by atoms with E-state index in [9.17, 15) is 9.18 Å². The Morgan fingerprint density at radius 2 is 1.67 bits per heavy atom. The van der Waals surface area contributed by atoms with Crippen LogP contribution in [0.4, 0.5) is 10.1 Å². The van der Waals surface area contributed by atoms with E-state index in [0.29, 0.717) is 10.1 Å². The van der Waals surface area contributed by atoms with E-state index in [1.165, 1.54) is 41.1 Å². The van der Waals surface area contributed by atoms with E-state index >= 15 is 0 Å². The van der Waals surface area contributed by atoms with Gasteiger partial charge in [0.2, 0.25) is 0 Å². The minimum absolute atomic E-state index is 0.0288. The minimum atomic E-state index is -0.379. The number of hydrogen-bond donors (Lipinski definition) is 0. The lowest BCUT2D eigenvalue weighted by Gasteiger charge is -2.30. The summed E-state index contributed by atoms with van der Waals surface area (Å²) < 4.78 is 16.7. The maximum atomic E-state index is 14.4. The maximum absolute atomic E-state index is 14.4. The number of halogens is 1. The van der Waals surface area contributed by atoms with Crippen LogP contribution < -0.4 is 0 Å². The van der Waals surface area contributed by atoms with Gasteiger partial charge in [-0.2, -0.15) is 0 Å². The van der Waals surface area contributed by atoms with Gasteiger partial charge in [-0.3, -0.25) is 9.69 Å². The summed E-state index contributed by atoms with van der Waals surface area (Å²) in [6.45, 7) is 8.46.